The molecule has 1 radical (unpaired) electrons. The molecule has 0 spiro atoms. The second-order valence-electron chi connectivity index (χ2n) is 1.66. The molecule has 0 aromatic carbocycles. The van der Waals surface area contributed by atoms with Gasteiger partial charge in [0, 0.05) is 0 Å². The molecule has 1 unspecified atom stereocenters. The molecule has 0 nitrogen and oxygen atoms in total. The van der Waals surface area contributed by atoms with Crippen molar-refractivity contribution in [1.82, 2.24) is 0 Å². The van der Waals surface area contributed by atoms with E-state index in [1.54, 1.807) is 0 Å². The summed E-state index contributed by atoms with van der Waals surface area (Å²) in [6.45, 7) is 0. The molecule has 0 heterocycles. The van der Waals surface area contributed by atoms with Gasteiger partial charge in [-0.1, -0.05) is 0 Å². The molecule has 0 saturated heterocycles. The van der Waals surface area contributed by atoms with Crippen LogP contribution in [0.25, 0.3) is 0 Å². The maximum atomic E-state index is 4.08. The summed E-state index contributed by atoms with van der Waals surface area (Å²) in [7, 11) is 0.0948. The lowest BCUT2D eigenvalue weighted by molar-refractivity contribution is 1.13. The van der Waals surface area contributed by atoms with Gasteiger partial charge in [-0.25, -0.2) is 0 Å². The van der Waals surface area contributed by atoms with Crippen molar-refractivity contribution >= 4 is 23.5 Å². The van der Waals surface area contributed by atoms with Crippen molar-refractivity contribution in [2.24, 2.45) is 0 Å². The minimum Gasteiger partial charge on any atom is -0.256 e. The summed E-state index contributed by atoms with van der Waals surface area (Å²) in [5.74, 6) is 2.29. The van der Waals surface area contributed by atoms with Crippen molar-refractivity contribution in [2.75, 3.05) is 17.8 Å². The van der Waals surface area contributed by atoms with E-state index in [0.717, 1.165) is 5.75 Å². The van der Waals surface area contributed by atoms with E-state index in [1.165, 1.54) is 12.2 Å². The predicted molar refractivity (Wildman–Crippen MR) is 43.6 cm³/mol. The van der Waals surface area contributed by atoms with Crippen molar-refractivity contribution in [1.29, 1.82) is 0 Å². The topological polar surface area (TPSA) is 0 Å². The normalized spacial score (nSPS) is 11.6. The van der Waals surface area contributed by atoms with Crippen LogP contribution in [0.2, 0.25) is 0 Å². The third-order valence-electron chi connectivity index (χ3n) is 0.698. The van der Waals surface area contributed by atoms with Crippen LogP contribution in [0.4, 0.5) is 0 Å². The van der Waals surface area contributed by atoms with Crippen LogP contribution in [0.5, 0.6) is 0 Å². The standard InChI is InChI=1S/C5H13S2/c1-7(2)5-3-4-6/h6-7H,1,3-5H2,2H3. The fraction of sp³-hybridized carbons (Fsp3) is 0.800. The summed E-state index contributed by atoms with van der Waals surface area (Å²) >= 11 is 4.08. The van der Waals surface area contributed by atoms with Gasteiger partial charge < -0.3 is 0 Å². The molecule has 0 aliphatic rings. The van der Waals surface area contributed by atoms with Crippen molar-refractivity contribution in [3.05, 3.63) is 6.26 Å². The Hall–Kier alpha value is 0.700. The van der Waals surface area contributed by atoms with Crippen molar-refractivity contribution < 1.29 is 0 Å². The Morgan fingerprint density at radius 3 is 2.43 bits per heavy atom. The zero-order valence-corrected chi connectivity index (χ0v) is 6.51. The van der Waals surface area contributed by atoms with Crippen LogP contribution in [0.15, 0.2) is 0 Å². The van der Waals surface area contributed by atoms with Crippen LogP contribution in [0.3, 0.4) is 0 Å². The summed E-state index contributed by atoms with van der Waals surface area (Å²) < 4.78 is 0. The lowest BCUT2D eigenvalue weighted by atomic mass is 10.6. The molecule has 0 N–H and O–H groups in total. The highest BCUT2D eigenvalue weighted by molar-refractivity contribution is 8.17. The minimum absolute atomic E-state index is 0.0948. The van der Waals surface area contributed by atoms with Gasteiger partial charge in [-0.3, -0.25) is 10.9 Å². The molecule has 1 atom stereocenters. The highest BCUT2D eigenvalue weighted by atomic mass is 32.2. The van der Waals surface area contributed by atoms with Gasteiger partial charge in [-0.2, -0.15) is 12.6 Å². The van der Waals surface area contributed by atoms with Crippen molar-refractivity contribution in [3.63, 3.8) is 0 Å². The zero-order chi connectivity index (χ0) is 5.70. The average molecular weight is 137 g/mol. The third-order valence-corrected chi connectivity index (χ3v) is 2.09. The monoisotopic (exact) mass is 137 g/mol. The van der Waals surface area contributed by atoms with Gasteiger partial charge in [-0.15, -0.1) is 0 Å². The van der Waals surface area contributed by atoms with E-state index in [2.05, 4.69) is 25.1 Å². The lowest BCUT2D eigenvalue weighted by Gasteiger charge is -2.04. The molecule has 0 aromatic heterocycles. The number of hydrogen-bond acceptors (Lipinski definition) is 1. The van der Waals surface area contributed by atoms with E-state index >= 15 is 0 Å². The van der Waals surface area contributed by atoms with Crippen LogP contribution >= 0.6 is 23.5 Å². The largest absolute Gasteiger partial charge is 0.256 e. The van der Waals surface area contributed by atoms with E-state index in [4.69, 9.17) is 0 Å². The molecule has 45 valence electrons. The maximum Gasteiger partial charge on any atom is -0.00907 e. The van der Waals surface area contributed by atoms with Gasteiger partial charge in [-0.05, 0) is 30.4 Å². The number of thiol groups is 2. The zero-order valence-electron chi connectivity index (χ0n) is 4.72. The Labute approximate surface area is 54.4 Å². The van der Waals surface area contributed by atoms with Crippen LogP contribution in [0.1, 0.15) is 6.42 Å². The number of hydrogen-bond donors (Lipinski definition) is 2. The molecule has 0 amide bonds. The predicted octanol–water partition coefficient (Wildman–Crippen LogP) is 1.73. The molecule has 0 rings (SSSR count). The van der Waals surface area contributed by atoms with E-state index in [9.17, 15) is 0 Å². The van der Waals surface area contributed by atoms with Crippen LogP contribution in [-0.4, -0.2) is 17.8 Å². The molecule has 0 saturated carbocycles. The fourth-order valence-electron chi connectivity index (χ4n) is 0.341. The molecule has 0 aromatic rings. The van der Waals surface area contributed by atoms with E-state index in [-0.39, 0.29) is 10.9 Å². The summed E-state index contributed by atoms with van der Waals surface area (Å²) in [4.78, 5) is 0. The molecule has 0 fully saturated rings. The van der Waals surface area contributed by atoms with E-state index < -0.39 is 0 Å². The summed E-state index contributed by atoms with van der Waals surface area (Å²) in [6.07, 6.45) is 7.33. The van der Waals surface area contributed by atoms with E-state index in [1.807, 2.05) is 0 Å². The summed E-state index contributed by atoms with van der Waals surface area (Å²) in [5.41, 5.74) is 0. The smallest absolute Gasteiger partial charge is 0.00907 e. The first-order chi connectivity index (χ1) is 3.27. The second-order valence-corrected chi connectivity index (χ2v) is 4.26. The van der Waals surface area contributed by atoms with Gasteiger partial charge in [0.05, 0.1) is 0 Å². The first-order valence-electron chi connectivity index (χ1n) is 2.40. The Kier molecular flexibility index (Phi) is 5.33. The molecule has 2 heteroatoms. The molecule has 7 heavy (non-hydrogen) atoms. The Morgan fingerprint density at radius 1 is 1.71 bits per heavy atom. The average Bonchev–Trinajstić information content (AvgIpc) is 1.61. The first kappa shape index (κ1) is 7.70. The van der Waals surface area contributed by atoms with Crippen LogP contribution in [0, 0.1) is 6.26 Å². The molecule has 0 aliphatic carbocycles. The highest BCUT2D eigenvalue weighted by Crippen LogP contribution is 2.16. The van der Waals surface area contributed by atoms with Crippen LogP contribution < -0.4 is 0 Å². The van der Waals surface area contributed by atoms with Gasteiger partial charge in [0.2, 0.25) is 0 Å². The summed E-state index contributed by atoms with van der Waals surface area (Å²) in [5, 5.41) is 0. The second kappa shape index (κ2) is 4.85. The van der Waals surface area contributed by atoms with Crippen molar-refractivity contribution in [2.45, 2.75) is 6.42 Å². The molecule has 0 bridgehead atoms. The SMILES string of the molecule is [CH2][SH](C)CCCS. The van der Waals surface area contributed by atoms with Gasteiger partial charge in [0.1, 0.15) is 0 Å². The minimum atomic E-state index is 0.0948. The Morgan fingerprint density at radius 2 is 2.29 bits per heavy atom. The lowest BCUT2D eigenvalue weighted by Crippen LogP contribution is -1.82. The maximum absolute atomic E-state index is 4.08. The van der Waals surface area contributed by atoms with Crippen molar-refractivity contribution in [3.8, 4) is 0 Å². The van der Waals surface area contributed by atoms with Crippen LogP contribution in [-0.2, 0) is 0 Å². The van der Waals surface area contributed by atoms with Gasteiger partial charge in [0.15, 0.2) is 0 Å². The van der Waals surface area contributed by atoms with Gasteiger partial charge in [0.25, 0.3) is 0 Å². The Bertz CT molecular complexity index is 35.1. The molecule has 0 aliphatic heterocycles. The Balaban J connectivity index is 2.68. The first-order valence-corrected chi connectivity index (χ1v) is 5.19. The molecular formula is C5H13S2. The molecular weight excluding hydrogens is 124 g/mol. The fourth-order valence-corrected chi connectivity index (χ4v) is 1.45. The highest BCUT2D eigenvalue weighted by Gasteiger charge is 1.84. The summed E-state index contributed by atoms with van der Waals surface area (Å²) in [6, 6.07) is 0. The third kappa shape index (κ3) is 6.70. The number of rotatable bonds is 3. The van der Waals surface area contributed by atoms with E-state index in [0.29, 0.717) is 0 Å². The van der Waals surface area contributed by atoms with Gasteiger partial charge >= 0.3 is 0 Å². The quantitative estimate of drug-likeness (QED) is 0.544.